The highest BCUT2D eigenvalue weighted by Gasteiger charge is 2.30. The molecule has 0 spiro atoms. The standard InChI is InChI=1S/C15H18N4O2/c1-18(2)11-6-8-12(9-7-11)19-14(10-4-3-5-10)13(15(20)21)16-17-19/h6-10H,3-5H2,1-2H3,(H,20,21). The molecule has 1 N–H and O–H groups in total. The molecule has 0 amide bonds. The molecular formula is C15H18N4O2. The highest BCUT2D eigenvalue weighted by molar-refractivity contribution is 5.87. The van der Waals surface area contributed by atoms with Crippen molar-refractivity contribution in [3.05, 3.63) is 35.7 Å². The second kappa shape index (κ2) is 5.20. The maximum absolute atomic E-state index is 11.3. The second-order valence-corrected chi connectivity index (χ2v) is 5.58. The van der Waals surface area contributed by atoms with Crippen LogP contribution in [0.25, 0.3) is 5.69 Å². The first-order valence-corrected chi connectivity index (χ1v) is 7.04. The molecule has 1 heterocycles. The molecule has 21 heavy (non-hydrogen) atoms. The average Bonchev–Trinajstić information content (AvgIpc) is 2.81. The minimum atomic E-state index is -1.01. The lowest BCUT2D eigenvalue weighted by atomic mass is 9.82. The van der Waals surface area contributed by atoms with Crippen molar-refractivity contribution in [1.82, 2.24) is 15.0 Å². The van der Waals surface area contributed by atoms with E-state index < -0.39 is 5.97 Å². The first-order valence-electron chi connectivity index (χ1n) is 7.04. The van der Waals surface area contributed by atoms with Gasteiger partial charge < -0.3 is 10.0 Å². The number of nitrogens with zero attached hydrogens (tertiary/aromatic N) is 4. The third-order valence-corrected chi connectivity index (χ3v) is 4.01. The molecule has 6 nitrogen and oxygen atoms in total. The van der Waals surface area contributed by atoms with Gasteiger partial charge in [0.15, 0.2) is 5.69 Å². The molecule has 110 valence electrons. The Morgan fingerprint density at radius 1 is 1.29 bits per heavy atom. The van der Waals surface area contributed by atoms with Crippen LogP contribution in [-0.4, -0.2) is 40.2 Å². The van der Waals surface area contributed by atoms with Crippen LogP contribution < -0.4 is 4.90 Å². The molecule has 0 aliphatic heterocycles. The fraction of sp³-hybridized carbons (Fsp3) is 0.400. The molecule has 1 saturated carbocycles. The molecule has 0 atom stereocenters. The quantitative estimate of drug-likeness (QED) is 0.933. The Hall–Kier alpha value is -2.37. The molecule has 1 aliphatic rings. The van der Waals surface area contributed by atoms with Crippen LogP contribution in [0.15, 0.2) is 24.3 Å². The monoisotopic (exact) mass is 286 g/mol. The van der Waals surface area contributed by atoms with Crippen LogP contribution in [0.4, 0.5) is 5.69 Å². The topological polar surface area (TPSA) is 71.2 Å². The van der Waals surface area contributed by atoms with Crippen molar-refractivity contribution < 1.29 is 9.90 Å². The Balaban J connectivity index is 2.03. The number of anilines is 1. The van der Waals surface area contributed by atoms with Crippen LogP contribution in [0.2, 0.25) is 0 Å². The van der Waals surface area contributed by atoms with Gasteiger partial charge in [-0.15, -0.1) is 5.10 Å². The van der Waals surface area contributed by atoms with E-state index in [1.165, 1.54) is 0 Å². The van der Waals surface area contributed by atoms with Gasteiger partial charge in [-0.2, -0.15) is 0 Å². The maximum atomic E-state index is 11.3. The molecule has 0 unspecified atom stereocenters. The summed E-state index contributed by atoms with van der Waals surface area (Å²) in [7, 11) is 3.96. The number of carboxylic acid groups (broad SMARTS) is 1. The zero-order valence-electron chi connectivity index (χ0n) is 12.2. The Labute approximate surface area is 123 Å². The third kappa shape index (κ3) is 2.37. The summed E-state index contributed by atoms with van der Waals surface area (Å²) >= 11 is 0. The predicted molar refractivity (Wildman–Crippen MR) is 79.2 cm³/mol. The number of aromatic nitrogens is 3. The molecule has 3 rings (SSSR count). The minimum Gasteiger partial charge on any atom is -0.476 e. The first-order chi connectivity index (χ1) is 10.1. The summed E-state index contributed by atoms with van der Waals surface area (Å²) in [6, 6.07) is 7.86. The Morgan fingerprint density at radius 2 is 1.95 bits per heavy atom. The smallest absolute Gasteiger partial charge is 0.358 e. The van der Waals surface area contributed by atoms with Gasteiger partial charge in [0.1, 0.15) is 0 Å². The Kier molecular flexibility index (Phi) is 3.37. The summed E-state index contributed by atoms with van der Waals surface area (Å²) in [6.07, 6.45) is 3.14. The van der Waals surface area contributed by atoms with Gasteiger partial charge in [-0.3, -0.25) is 0 Å². The molecule has 2 aromatic rings. The number of hydrogen-bond donors (Lipinski definition) is 1. The van der Waals surface area contributed by atoms with Gasteiger partial charge in [0.25, 0.3) is 0 Å². The van der Waals surface area contributed by atoms with E-state index in [0.29, 0.717) is 0 Å². The molecule has 0 radical (unpaired) electrons. The zero-order chi connectivity index (χ0) is 15.0. The van der Waals surface area contributed by atoms with Gasteiger partial charge in [0.2, 0.25) is 0 Å². The van der Waals surface area contributed by atoms with Crippen molar-refractivity contribution in [3.8, 4) is 5.69 Å². The Bertz CT molecular complexity index is 657. The van der Waals surface area contributed by atoms with Crippen molar-refractivity contribution in [2.75, 3.05) is 19.0 Å². The summed E-state index contributed by atoms with van der Waals surface area (Å²) in [4.78, 5) is 13.3. The van der Waals surface area contributed by atoms with Crippen molar-refractivity contribution in [2.24, 2.45) is 0 Å². The fourth-order valence-electron chi connectivity index (χ4n) is 2.57. The number of rotatable bonds is 4. The summed E-state index contributed by atoms with van der Waals surface area (Å²) < 4.78 is 1.67. The van der Waals surface area contributed by atoms with Crippen molar-refractivity contribution >= 4 is 11.7 Å². The van der Waals surface area contributed by atoms with Crippen LogP contribution >= 0.6 is 0 Å². The van der Waals surface area contributed by atoms with E-state index in [9.17, 15) is 9.90 Å². The van der Waals surface area contributed by atoms with Crippen molar-refractivity contribution in [1.29, 1.82) is 0 Å². The second-order valence-electron chi connectivity index (χ2n) is 5.58. The van der Waals surface area contributed by atoms with E-state index in [1.807, 2.05) is 43.3 Å². The molecule has 0 bridgehead atoms. The van der Waals surface area contributed by atoms with E-state index in [2.05, 4.69) is 10.3 Å². The number of carboxylic acids is 1. The van der Waals surface area contributed by atoms with Crippen LogP contribution in [0.5, 0.6) is 0 Å². The summed E-state index contributed by atoms with van der Waals surface area (Å²) in [5, 5.41) is 17.2. The molecule has 0 saturated heterocycles. The van der Waals surface area contributed by atoms with E-state index in [1.54, 1.807) is 4.68 Å². The molecule has 1 aromatic carbocycles. The van der Waals surface area contributed by atoms with E-state index in [4.69, 9.17) is 0 Å². The van der Waals surface area contributed by atoms with E-state index in [-0.39, 0.29) is 11.6 Å². The van der Waals surface area contributed by atoms with Gasteiger partial charge in [0.05, 0.1) is 11.4 Å². The number of hydrogen-bond acceptors (Lipinski definition) is 4. The largest absolute Gasteiger partial charge is 0.476 e. The van der Waals surface area contributed by atoms with Gasteiger partial charge >= 0.3 is 5.97 Å². The predicted octanol–water partition coefficient (Wildman–Crippen LogP) is 2.30. The highest BCUT2D eigenvalue weighted by atomic mass is 16.4. The first kappa shape index (κ1) is 13.6. The molecule has 6 heteroatoms. The SMILES string of the molecule is CN(C)c1ccc(-n2nnc(C(=O)O)c2C2CCC2)cc1. The van der Waals surface area contributed by atoms with Crippen molar-refractivity contribution in [2.45, 2.75) is 25.2 Å². The van der Waals surface area contributed by atoms with Crippen LogP contribution in [0.3, 0.4) is 0 Å². The minimum absolute atomic E-state index is 0.0800. The summed E-state index contributed by atoms with van der Waals surface area (Å²) in [6.45, 7) is 0. The summed E-state index contributed by atoms with van der Waals surface area (Å²) in [5.41, 5.74) is 2.74. The van der Waals surface area contributed by atoms with Gasteiger partial charge in [0, 0.05) is 25.7 Å². The highest BCUT2D eigenvalue weighted by Crippen LogP contribution is 2.38. The van der Waals surface area contributed by atoms with Gasteiger partial charge in [-0.25, -0.2) is 9.48 Å². The molecular weight excluding hydrogens is 268 g/mol. The van der Waals surface area contributed by atoms with Gasteiger partial charge in [-0.05, 0) is 37.1 Å². The normalized spacial score (nSPS) is 14.8. The van der Waals surface area contributed by atoms with Crippen molar-refractivity contribution in [3.63, 3.8) is 0 Å². The van der Waals surface area contributed by atoms with E-state index >= 15 is 0 Å². The lowest BCUT2D eigenvalue weighted by Gasteiger charge is -2.26. The number of carbonyl (C=O) groups is 1. The molecule has 1 fully saturated rings. The summed E-state index contributed by atoms with van der Waals surface area (Å²) in [5.74, 6) is -0.757. The maximum Gasteiger partial charge on any atom is 0.358 e. The van der Waals surface area contributed by atoms with Crippen LogP contribution in [0.1, 0.15) is 41.4 Å². The molecule has 1 aromatic heterocycles. The Morgan fingerprint density at radius 3 is 2.43 bits per heavy atom. The third-order valence-electron chi connectivity index (χ3n) is 4.01. The number of aromatic carboxylic acids is 1. The average molecular weight is 286 g/mol. The zero-order valence-corrected chi connectivity index (χ0v) is 12.2. The lowest BCUT2D eigenvalue weighted by molar-refractivity contribution is 0.0687. The lowest BCUT2D eigenvalue weighted by Crippen LogP contribution is -2.17. The molecule has 1 aliphatic carbocycles. The van der Waals surface area contributed by atoms with Crippen LogP contribution in [0, 0.1) is 0 Å². The van der Waals surface area contributed by atoms with E-state index in [0.717, 1.165) is 36.3 Å². The number of benzene rings is 1. The van der Waals surface area contributed by atoms with Crippen LogP contribution in [-0.2, 0) is 0 Å². The van der Waals surface area contributed by atoms with Gasteiger partial charge in [-0.1, -0.05) is 11.6 Å². The fourth-order valence-corrected chi connectivity index (χ4v) is 2.57.